The van der Waals surface area contributed by atoms with Crippen LogP contribution in [0.3, 0.4) is 0 Å². The molecule has 1 N–H and O–H groups in total. The number of aryl methyl sites for hydroxylation is 1. The Morgan fingerprint density at radius 1 is 1.15 bits per heavy atom. The molecule has 2 nitrogen and oxygen atoms in total. The molecule has 0 radical (unpaired) electrons. The van der Waals surface area contributed by atoms with Crippen LogP contribution < -0.4 is 0 Å². The molecule has 1 aliphatic rings. The van der Waals surface area contributed by atoms with Gasteiger partial charge in [0.05, 0.1) is 5.56 Å². The highest BCUT2D eigenvalue weighted by atomic mass is 16.3. The predicted octanol–water partition coefficient (Wildman–Crippen LogP) is 3.52. The summed E-state index contributed by atoms with van der Waals surface area (Å²) in [7, 11) is 0. The lowest BCUT2D eigenvalue weighted by Crippen LogP contribution is -2.02. The Balaban J connectivity index is 2.19. The first-order chi connectivity index (χ1) is 9.74. The van der Waals surface area contributed by atoms with Crippen LogP contribution in [0, 0.1) is 11.3 Å². The van der Waals surface area contributed by atoms with Crippen molar-refractivity contribution < 1.29 is 5.11 Å². The normalized spacial score (nSPS) is 13.0. The summed E-state index contributed by atoms with van der Waals surface area (Å²) in [5.74, 6) is 0.127. The summed E-state index contributed by atoms with van der Waals surface area (Å²) >= 11 is 0. The van der Waals surface area contributed by atoms with Gasteiger partial charge in [0.15, 0.2) is 0 Å². The molecule has 2 aromatic carbocycles. The molecule has 0 bridgehead atoms. The van der Waals surface area contributed by atoms with Crippen LogP contribution >= 0.6 is 0 Å². The zero-order valence-corrected chi connectivity index (χ0v) is 11.6. The molecule has 3 rings (SSSR count). The third-order valence-electron chi connectivity index (χ3n) is 4.23. The second-order valence-electron chi connectivity index (χ2n) is 5.30. The van der Waals surface area contributed by atoms with Gasteiger partial charge in [-0.25, -0.2) is 0 Å². The number of hydrogen-bond donors (Lipinski definition) is 1. The van der Waals surface area contributed by atoms with Crippen LogP contribution in [0.5, 0.6) is 5.75 Å². The molecule has 20 heavy (non-hydrogen) atoms. The highest BCUT2D eigenvalue weighted by molar-refractivity contribution is 5.57. The number of hydrogen-bond acceptors (Lipinski definition) is 2. The minimum Gasteiger partial charge on any atom is -0.507 e. The number of rotatable bonds is 1. The van der Waals surface area contributed by atoms with E-state index < -0.39 is 0 Å². The molecule has 0 spiro atoms. The van der Waals surface area contributed by atoms with Crippen molar-refractivity contribution in [3.05, 3.63) is 63.7 Å². The van der Waals surface area contributed by atoms with E-state index in [-0.39, 0.29) is 5.75 Å². The Labute approximate surface area is 119 Å². The van der Waals surface area contributed by atoms with Gasteiger partial charge in [-0.05, 0) is 59.6 Å². The lowest BCUT2D eigenvalue weighted by Gasteiger charge is -2.14. The van der Waals surface area contributed by atoms with Gasteiger partial charge in [0.2, 0.25) is 0 Å². The van der Waals surface area contributed by atoms with Crippen molar-refractivity contribution in [3.63, 3.8) is 0 Å². The van der Waals surface area contributed by atoms with Gasteiger partial charge in [0.25, 0.3) is 0 Å². The third kappa shape index (κ3) is 1.96. The Bertz CT molecular complexity index is 710. The summed E-state index contributed by atoms with van der Waals surface area (Å²) in [6.07, 6.45) is 3.59. The van der Waals surface area contributed by atoms with Crippen LogP contribution in [-0.2, 0) is 25.7 Å². The maximum Gasteiger partial charge on any atom is 0.133 e. The van der Waals surface area contributed by atoms with E-state index in [1.54, 1.807) is 6.07 Å². The average molecular weight is 263 g/mol. The first-order valence-corrected chi connectivity index (χ1v) is 7.08. The van der Waals surface area contributed by atoms with Crippen LogP contribution in [0.4, 0.5) is 0 Å². The number of aromatic hydroxyl groups is 1. The van der Waals surface area contributed by atoms with E-state index in [1.165, 1.54) is 22.3 Å². The molecule has 0 aliphatic heterocycles. The monoisotopic (exact) mass is 263 g/mol. The number of phenols is 1. The van der Waals surface area contributed by atoms with E-state index in [2.05, 4.69) is 30.3 Å². The standard InChI is InChI=1S/C18H17NO/c1-2-15-16-8-7-12-5-3-4-6-13(12)9-14(16)10-18(20)17(15)11-19/h3-6,10,20H,2,7-9H2,1H3. The number of nitrogens with zero attached hydrogens (tertiary/aromatic N) is 1. The minimum atomic E-state index is 0.127. The van der Waals surface area contributed by atoms with Gasteiger partial charge in [-0.3, -0.25) is 0 Å². The van der Waals surface area contributed by atoms with Crippen molar-refractivity contribution >= 4 is 0 Å². The van der Waals surface area contributed by atoms with E-state index >= 15 is 0 Å². The van der Waals surface area contributed by atoms with Crippen molar-refractivity contribution in [2.24, 2.45) is 0 Å². The van der Waals surface area contributed by atoms with Gasteiger partial charge in [-0.15, -0.1) is 0 Å². The van der Waals surface area contributed by atoms with Crippen molar-refractivity contribution in [3.8, 4) is 11.8 Å². The highest BCUT2D eigenvalue weighted by Gasteiger charge is 2.20. The van der Waals surface area contributed by atoms with Crippen molar-refractivity contribution in [2.75, 3.05) is 0 Å². The Hall–Kier alpha value is -2.27. The summed E-state index contributed by atoms with van der Waals surface area (Å²) in [6, 6.07) is 12.4. The smallest absolute Gasteiger partial charge is 0.133 e. The Kier molecular flexibility index (Phi) is 3.20. The summed E-state index contributed by atoms with van der Waals surface area (Å²) in [4.78, 5) is 0. The average Bonchev–Trinajstić information content (AvgIpc) is 2.64. The molecule has 0 heterocycles. The van der Waals surface area contributed by atoms with E-state index in [4.69, 9.17) is 0 Å². The predicted molar refractivity (Wildman–Crippen MR) is 78.9 cm³/mol. The molecule has 0 amide bonds. The molecule has 2 heteroatoms. The second kappa shape index (κ2) is 5.02. The highest BCUT2D eigenvalue weighted by Crippen LogP contribution is 2.33. The maximum absolute atomic E-state index is 10.1. The number of nitriles is 1. The minimum absolute atomic E-state index is 0.127. The molecule has 0 atom stereocenters. The fourth-order valence-corrected chi connectivity index (χ4v) is 3.25. The van der Waals surface area contributed by atoms with Crippen LogP contribution in [0.25, 0.3) is 0 Å². The molecule has 1 aliphatic carbocycles. The summed E-state index contributed by atoms with van der Waals surface area (Å²) in [6.45, 7) is 2.05. The van der Waals surface area contributed by atoms with Crippen LogP contribution in [0.2, 0.25) is 0 Å². The number of phenolic OH excluding ortho intramolecular Hbond substituents is 1. The first kappa shape index (κ1) is 12.7. The molecule has 0 saturated heterocycles. The molecule has 0 fully saturated rings. The van der Waals surface area contributed by atoms with Gasteiger partial charge in [0, 0.05) is 0 Å². The zero-order chi connectivity index (χ0) is 14.1. The van der Waals surface area contributed by atoms with E-state index in [0.29, 0.717) is 5.56 Å². The second-order valence-corrected chi connectivity index (χ2v) is 5.30. The molecule has 100 valence electrons. The van der Waals surface area contributed by atoms with E-state index in [0.717, 1.165) is 31.2 Å². The molecule has 2 aromatic rings. The lowest BCUT2D eigenvalue weighted by molar-refractivity contribution is 0.471. The van der Waals surface area contributed by atoms with Crippen molar-refractivity contribution in [1.29, 1.82) is 5.26 Å². The van der Waals surface area contributed by atoms with Crippen LogP contribution in [-0.4, -0.2) is 5.11 Å². The largest absolute Gasteiger partial charge is 0.507 e. The molecule has 0 saturated carbocycles. The summed E-state index contributed by atoms with van der Waals surface area (Å²) in [5.41, 5.74) is 6.62. The van der Waals surface area contributed by atoms with Gasteiger partial charge in [-0.1, -0.05) is 31.2 Å². The summed E-state index contributed by atoms with van der Waals surface area (Å²) in [5, 5.41) is 19.4. The van der Waals surface area contributed by atoms with Gasteiger partial charge in [-0.2, -0.15) is 5.26 Å². The van der Waals surface area contributed by atoms with Gasteiger partial charge < -0.3 is 5.11 Å². The quantitative estimate of drug-likeness (QED) is 0.855. The molecular formula is C18H17NO. The zero-order valence-electron chi connectivity index (χ0n) is 11.6. The SMILES string of the molecule is CCc1c(C#N)c(O)cc2c1CCc1ccccc1C2. The van der Waals surface area contributed by atoms with E-state index in [9.17, 15) is 10.4 Å². The summed E-state index contributed by atoms with van der Waals surface area (Å²) < 4.78 is 0. The van der Waals surface area contributed by atoms with Crippen molar-refractivity contribution in [2.45, 2.75) is 32.6 Å². The molecule has 0 unspecified atom stereocenters. The van der Waals surface area contributed by atoms with Gasteiger partial charge >= 0.3 is 0 Å². The number of fused-ring (bicyclic) bond motifs is 2. The third-order valence-corrected chi connectivity index (χ3v) is 4.23. The molecule has 0 aromatic heterocycles. The topological polar surface area (TPSA) is 44.0 Å². The maximum atomic E-state index is 10.1. The lowest BCUT2D eigenvalue weighted by atomic mass is 9.90. The fourth-order valence-electron chi connectivity index (χ4n) is 3.25. The van der Waals surface area contributed by atoms with Crippen molar-refractivity contribution in [1.82, 2.24) is 0 Å². The van der Waals surface area contributed by atoms with Gasteiger partial charge in [0.1, 0.15) is 11.8 Å². The fraction of sp³-hybridized carbons (Fsp3) is 0.278. The van der Waals surface area contributed by atoms with E-state index in [1.807, 2.05) is 6.92 Å². The van der Waals surface area contributed by atoms with Crippen LogP contribution in [0.15, 0.2) is 30.3 Å². The first-order valence-electron chi connectivity index (χ1n) is 7.08. The Morgan fingerprint density at radius 2 is 1.90 bits per heavy atom. The number of benzene rings is 2. The molecular weight excluding hydrogens is 246 g/mol. The van der Waals surface area contributed by atoms with Crippen LogP contribution in [0.1, 0.15) is 40.3 Å². The Morgan fingerprint density at radius 3 is 2.60 bits per heavy atom.